The lowest BCUT2D eigenvalue weighted by Crippen LogP contribution is -2.49. The molecule has 1 aromatic carbocycles. The van der Waals surface area contributed by atoms with Crippen molar-refractivity contribution in [1.82, 2.24) is 9.99 Å². The fourth-order valence-corrected chi connectivity index (χ4v) is 7.46. The second kappa shape index (κ2) is 12.9. The molecule has 1 N–H and O–H groups in total. The first kappa shape index (κ1) is 29.9. The molecule has 0 saturated carbocycles. The molecular formula is C27H45N2O7P. The van der Waals surface area contributed by atoms with Crippen molar-refractivity contribution in [2.45, 2.75) is 78.2 Å². The van der Waals surface area contributed by atoms with Gasteiger partial charge < -0.3 is 23.5 Å². The Labute approximate surface area is 222 Å². The van der Waals surface area contributed by atoms with Crippen molar-refractivity contribution < 1.29 is 32.8 Å². The average Bonchev–Trinajstić information content (AvgIpc) is 2.82. The summed E-state index contributed by atoms with van der Waals surface area (Å²) in [6.07, 6.45) is 1.90. The maximum absolute atomic E-state index is 14.0. The first-order chi connectivity index (χ1) is 17.5. The molecule has 2 aliphatic rings. The first-order valence-electron chi connectivity index (χ1n) is 13.2. The summed E-state index contributed by atoms with van der Waals surface area (Å²) in [5, 5.41) is 2.93. The summed E-state index contributed by atoms with van der Waals surface area (Å²) in [5.41, 5.74) is 2.44. The number of esters is 1. The standard InChI is InChI=1S/C27H45N2O7P/c1-17(2)11-21-15-29-10-9-20-12-25(33-7)26(34-8)13-22(20)23(29)14-24(21)36-37(31,16-32-6)28-19(5)27(30)35-18(3)4/h12-13,17-19,21,23-24H,9-11,14-16H2,1-8H3,(H,28,31)/t19-,21+,23+,24+,37?/m0/s1. The van der Waals surface area contributed by atoms with Crippen LogP contribution in [0.5, 0.6) is 11.5 Å². The van der Waals surface area contributed by atoms with Crippen LogP contribution >= 0.6 is 7.52 Å². The van der Waals surface area contributed by atoms with Gasteiger partial charge in [-0.25, -0.2) is 5.09 Å². The molecule has 1 aromatic rings. The summed E-state index contributed by atoms with van der Waals surface area (Å²) in [5.74, 6) is 1.62. The third-order valence-electron chi connectivity index (χ3n) is 7.04. The number of piperidine rings is 1. The summed E-state index contributed by atoms with van der Waals surface area (Å²) < 4.78 is 42.2. The quantitative estimate of drug-likeness (QED) is 0.297. The summed E-state index contributed by atoms with van der Waals surface area (Å²) in [6, 6.07) is 3.46. The van der Waals surface area contributed by atoms with Crippen LogP contribution in [0.15, 0.2) is 12.1 Å². The second-order valence-corrected chi connectivity index (χ2v) is 12.9. The predicted molar refractivity (Wildman–Crippen MR) is 143 cm³/mol. The van der Waals surface area contributed by atoms with E-state index < -0.39 is 19.5 Å². The Morgan fingerprint density at radius 2 is 1.78 bits per heavy atom. The number of carbonyl (C=O) groups excluding carboxylic acids is 1. The zero-order chi connectivity index (χ0) is 27.3. The molecule has 0 bridgehead atoms. The maximum Gasteiger partial charge on any atom is 0.323 e. The van der Waals surface area contributed by atoms with Gasteiger partial charge in [0.25, 0.3) is 7.52 Å². The van der Waals surface area contributed by atoms with Crippen molar-refractivity contribution >= 4 is 13.5 Å². The van der Waals surface area contributed by atoms with Gasteiger partial charge in [0.05, 0.1) is 26.4 Å². The van der Waals surface area contributed by atoms with Gasteiger partial charge in [0, 0.05) is 26.2 Å². The van der Waals surface area contributed by atoms with E-state index in [9.17, 15) is 9.36 Å². The summed E-state index contributed by atoms with van der Waals surface area (Å²) in [4.78, 5) is 15.0. The molecular weight excluding hydrogens is 495 g/mol. The van der Waals surface area contributed by atoms with Gasteiger partial charge in [0.2, 0.25) is 0 Å². The molecule has 10 heteroatoms. The molecule has 2 heterocycles. The molecule has 5 atom stereocenters. The number of hydrogen-bond donors (Lipinski definition) is 1. The molecule has 0 aliphatic carbocycles. The van der Waals surface area contributed by atoms with Crippen molar-refractivity contribution in [2.75, 3.05) is 40.8 Å². The van der Waals surface area contributed by atoms with Gasteiger partial charge in [0.1, 0.15) is 12.4 Å². The van der Waals surface area contributed by atoms with Crippen LogP contribution in [0.4, 0.5) is 0 Å². The Hall–Kier alpha value is -1.64. The van der Waals surface area contributed by atoms with E-state index in [0.717, 1.165) is 31.7 Å². The number of fused-ring (bicyclic) bond motifs is 3. The van der Waals surface area contributed by atoms with Gasteiger partial charge in [0.15, 0.2) is 11.5 Å². The SMILES string of the molecule is COCP(=O)(N[C@@H](C)C(=O)OC(C)C)O[C@@H]1C[C@@H]2c3cc(OC)c(OC)cc3CCN2C[C@H]1CC(C)C. The van der Waals surface area contributed by atoms with Crippen molar-refractivity contribution in [1.29, 1.82) is 0 Å². The largest absolute Gasteiger partial charge is 0.493 e. The van der Waals surface area contributed by atoms with Crippen LogP contribution in [0, 0.1) is 11.8 Å². The van der Waals surface area contributed by atoms with Crippen LogP contribution < -0.4 is 14.6 Å². The molecule has 0 radical (unpaired) electrons. The van der Waals surface area contributed by atoms with Gasteiger partial charge in [-0.3, -0.25) is 14.3 Å². The first-order valence-corrected chi connectivity index (χ1v) is 15.0. The average molecular weight is 541 g/mol. The van der Waals surface area contributed by atoms with E-state index in [-0.39, 0.29) is 30.5 Å². The molecule has 37 heavy (non-hydrogen) atoms. The van der Waals surface area contributed by atoms with Gasteiger partial charge in [-0.2, -0.15) is 0 Å². The minimum absolute atomic E-state index is 0.108. The molecule has 0 amide bonds. The fraction of sp³-hybridized carbons (Fsp3) is 0.741. The third kappa shape index (κ3) is 7.48. The minimum Gasteiger partial charge on any atom is -0.493 e. The zero-order valence-corrected chi connectivity index (χ0v) is 24.5. The number of carbonyl (C=O) groups is 1. The van der Waals surface area contributed by atoms with E-state index in [2.05, 4.69) is 36.0 Å². The zero-order valence-electron chi connectivity index (χ0n) is 23.6. The van der Waals surface area contributed by atoms with Gasteiger partial charge in [-0.15, -0.1) is 0 Å². The lowest BCUT2D eigenvalue weighted by Gasteiger charge is -2.48. The third-order valence-corrected chi connectivity index (χ3v) is 9.03. The predicted octanol–water partition coefficient (Wildman–Crippen LogP) is 4.78. The van der Waals surface area contributed by atoms with E-state index in [1.165, 1.54) is 18.2 Å². The van der Waals surface area contributed by atoms with Crippen molar-refractivity contribution in [3.8, 4) is 11.5 Å². The van der Waals surface area contributed by atoms with Crippen LogP contribution in [0.1, 0.15) is 64.6 Å². The van der Waals surface area contributed by atoms with E-state index in [1.807, 2.05) is 0 Å². The van der Waals surface area contributed by atoms with Gasteiger partial charge in [-0.05, 0) is 75.1 Å². The number of ether oxygens (including phenoxy) is 4. The van der Waals surface area contributed by atoms with Crippen molar-refractivity contribution in [3.63, 3.8) is 0 Å². The molecule has 1 unspecified atom stereocenters. The maximum atomic E-state index is 14.0. The van der Waals surface area contributed by atoms with Crippen LogP contribution in [-0.2, 0) is 29.8 Å². The van der Waals surface area contributed by atoms with E-state index in [4.69, 9.17) is 23.5 Å². The monoisotopic (exact) mass is 540 g/mol. The lowest BCUT2D eigenvalue weighted by atomic mass is 9.79. The highest BCUT2D eigenvalue weighted by Crippen LogP contribution is 2.51. The summed E-state index contributed by atoms with van der Waals surface area (Å²) in [6.45, 7) is 11.4. The normalized spacial score (nSPS) is 24.2. The van der Waals surface area contributed by atoms with Crippen molar-refractivity contribution in [2.24, 2.45) is 11.8 Å². The van der Waals surface area contributed by atoms with Crippen LogP contribution in [-0.4, -0.2) is 69.9 Å². The number of rotatable bonds is 12. The van der Waals surface area contributed by atoms with Crippen LogP contribution in [0.2, 0.25) is 0 Å². The Morgan fingerprint density at radius 1 is 1.11 bits per heavy atom. The Bertz CT molecular complexity index is 970. The molecule has 1 saturated heterocycles. The number of nitrogens with zero attached hydrogens (tertiary/aromatic N) is 1. The summed E-state index contributed by atoms with van der Waals surface area (Å²) in [7, 11) is 1.27. The van der Waals surface area contributed by atoms with Crippen LogP contribution in [0.25, 0.3) is 0 Å². The Balaban J connectivity index is 1.89. The smallest absolute Gasteiger partial charge is 0.323 e. The van der Waals surface area contributed by atoms with E-state index >= 15 is 0 Å². The molecule has 0 aromatic heterocycles. The molecule has 210 valence electrons. The van der Waals surface area contributed by atoms with E-state index in [1.54, 1.807) is 35.0 Å². The van der Waals surface area contributed by atoms with E-state index in [0.29, 0.717) is 18.1 Å². The fourth-order valence-electron chi connectivity index (χ4n) is 5.54. The molecule has 2 aliphatic heterocycles. The number of methoxy groups -OCH3 is 3. The molecule has 0 spiro atoms. The van der Waals surface area contributed by atoms with Crippen LogP contribution in [0.3, 0.4) is 0 Å². The highest BCUT2D eigenvalue weighted by Gasteiger charge is 2.43. The van der Waals surface area contributed by atoms with Gasteiger partial charge in [-0.1, -0.05) is 13.8 Å². The Kier molecular flexibility index (Phi) is 10.5. The Morgan fingerprint density at radius 3 is 2.38 bits per heavy atom. The number of nitrogens with one attached hydrogen (secondary N) is 1. The highest BCUT2D eigenvalue weighted by molar-refractivity contribution is 7.56. The topological polar surface area (TPSA) is 95.6 Å². The molecule has 3 rings (SSSR count). The second-order valence-electron chi connectivity index (χ2n) is 10.9. The number of hydrogen-bond acceptors (Lipinski definition) is 8. The van der Waals surface area contributed by atoms with Crippen molar-refractivity contribution in [3.05, 3.63) is 23.3 Å². The summed E-state index contributed by atoms with van der Waals surface area (Å²) >= 11 is 0. The lowest BCUT2D eigenvalue weighted by molar-refractivity contribution is -0.149. The molecule has 9 nitrogen and oxygen atoms in total. The highest BCUT2D eigenvalue weighted by atomic mass is 31.2. The minimum atomic E-state index is -3.52. The number of benzene rings is 1. The van der Waals surface area contributed by atoms with Gasteiger partial charge >= 0.3 is 5.97 Å². The molecule has 1 fully saturated rings.